The lowest BCUT2D eigenvalue weighted by Crippen LogP contribution is -2.52. The van der Waals surface area contributed by atoms with Crippen LogP contribution < -0.4 is 0 Å². The van der Waals surface area contributed by atoms with Gasteiger partial charge in [0.1, 0.15) is 5.60 Å². The summed E-state index contributed by atoms with van der Waals surface area (Å²) in [6.45, 7) is 0.411. The van der Waals surface area contributed by atoms with Crippen LogP contribution >= 0.6 is 0 Å². The summed E-state index contributed by atoms with van der Waals surface area (Å²) in [6, 6.07) is 3.61. The Morgan fingerprint density at radius 1 is 1.46 bits per heavy atom. The molecule has 0 unspecified atom stereocenters. The van der Waals surface area contributed by atoms with Crippen LogP contribution in [-0.4, -0.2) is 61.4 Å². The van der Waals surface area contributed by atoms with Crippen molar-refractivity contribution in [2.45, 2.75) is 31.3 Å². The number of aromatic nitrogens is 3. The van der Waals surface area contributed by atoms with Crippen molar-refractivity contribution in [3.63, 3.8) is 0 Å². The van der Waals surface area contributed by atoms with Crippen molar-refractivity contribution >= 4 is 5.91 Å². The average molecular weight is 332 g/mol. The van der Waals surface area contributed by atoms with Crippen molar-refractivity contribution in [1.82, 2.24) is 20.0 Å². The number of piperidine rings is 1. The number of hydrogen-bond acceptors (Lipinski definition) is 7. The van der Waals surface area contributed by atoms with Crippen LogP contribution in [0.1, 0.15) is 25.2 Å². The van der Waals surface area contributed by atoms with Gasteiger partial charge in [0.2, 0.25) is 17.6 Å². The monoisotopic (exact) mass is 332 g/mol. The predicted octanol–water partition coefficient (Wildman–Crippen LogP) is 0.410. The molecule has 1 aliphatic heterocycles. The highest BCUT2D eigenvalue weighted by Crippen LogP contribution is 2.21. The highest BCUT2D eigenvalue weighted by atomic mass is 16.5. The first kappa shape index (κ1) is 16.5. The van der Waals surface area contributed by atoms with E-state index in [1.165, 1.54) is 0 Å². The second kappa shape index (κ2) is 7.06. The van der Waals surface area contributed by atoms with Crippen LogP contribution in [0, 0.1) is 0 Å². The molecule has 0 aromatic carbocycles. The third kappa shape index (κ3) is 3.77. The van der Waals surface area contributed by atoms with Gasteiger partial charge in [-0.05, 0) is 25.0 Å². The van der Waals surface area contributed by atoms with Gasteiger partial charge < -0.3 is 19.6 Å². The van der Waals surface area contributed by atoms with Crippen molar-refractivity contribution < 1.29 is 19.5 Å². The highest BCUT2D eigenvalue weighted by Gasteiger charge is 2.34. The molecule has 1 aliphatic rings. The number of β-amino-alcohol motifs (C(OH)–C–C–N with tert-alkyl or cyclic N) is 1. The van der Waals surface area contributed by atoms with Gasteiger partial charge in [0.25, 0.3) is 0 Å². The smallest absolute Gasteiger partial charge is 0.227 e. The van der Waals surface area contributed by atoms with Gasteiger partial charge in [-0.15, -0.1) is 0 Å². The van der Waals surface area contributed by atoms with Gasteiger partial charge >= 0.3 is 0 Å². The largest absolute Gasteiger partial charge is 0.393 e. The molecule has 0 saturated carbocycles. The first-order chi connectivity index (χ1) is 11.6. The number of likely N-dealkylation sites (tertiary alicyclic amines) is 1. The number of aryl methyl sites for hydroxylation is 1. The topological polar surface area (TPSA) is 113 Å². The number of aliphatic hydroxyl groups is 2. The van der Waals surface area contributed by atoms with Gasteiger partial charge in [-0.3, -0.25) is 9.78 Å². The highest BCUT2D eigenvalue weighted by molar-refractivity contribution is 5.76. The molecule has 0 spiro atoms. The van der Waals surface area contributed by atoms with Crippen molar-refractivity contribution in [3.8, 4) is 11.4 Å². The van der Waals surface area contributed by atoms with E-state index in [9.17, 15) is 15.0 Å². The quantitative estimate of drug-likeness (QED) is 0.815. The van der Waals surface area contributed by atoms with Gasteiger partial charge in [0.15, 0.2) is 0 Å². The molecule has 3 heterocycles. The molecule has 2 aromatic rings. The Balaban J connectivity index is 1.56. The SMILES string of the molecule is O=C(CCc1nc(-c2cccnc2)no1)N1CCC[C@@](O)(CO)C1. The molecule has 3 rings (SSSR count). The molecule has 1 saturated heterocycles. The van der Waals surface area contributed by atoms with Crippen LogP contribution in [0.15, 0.2) is 29.0 Å². The molecular formula is C16H20N4O4. The lowest BCUT2D eigenvalue weighted by atomic mass is 9.93. The van der Waals surface area contributed by atoms with E-state index >= 15 is 0 Å². The number of carbonyl (C=O) groups is 1. The summed E-state index contributed by atoms with van der Waals surface area (Å²) in [6.07, 6.45) is 5.04. The van der Waals surface area contributed by atoms with E-state index < -0.39 is 5.60 Å². The van der Waals surface area contributed by atoms with Crippen molar-refractivity contribution in [3.05, 3.63) is 30.4 Å². The zero-order valence-corrected chi connectivity index (χ0v) is 13.3. The van der Waals surface area contributed by atoms with Crippen LogP contribution in [0.4, 0.5) is 0 Å². The summed E-state index contributed by atoms with van der Waals surface area (Å²) in [4.78, 5) is 22.1. The number of amides is 1. The van der Waals surface area contributed by atoms with E-state index in [0.29, 0.717) is 37.5 Å². The Hall–Kier alpha value is -2.32. The minimum atomic E-state index is -1.19. The Bertz CT molecular complexity index is 690. The molecule has 0 bridgehead atoms. The molecule has 8 nitrogen and oxygen atoms in total. The normalized spacial score (nSPS) is 21.0. The maximum Gasteiger partial charge on any atom is 0.227 e. The molecule has 2 N–H and O–H groups in total. The van der Waals surface area contributed by atoms with Crippen molar-refractivity contribution in [1.29, 1.82) is 0 Å². The van der Waals surface area contributed by atoms with E-state index in [1.54, 1.807) is 23.4 Å². The lowest BCUT2D eigenvalue weighted by Gasteiger charge is -2.38. The number of hydrogen-bond donors (Lipinski definition) is 2. The Labute approximate surface area is 139 Å². The molecule has 24 heavy (non-hydrogen) atoms. The van der Waals surface area contributed by atoms with E-state index in [2.05, 4.69) is 15.1 Å². The maximum absolute atomic E-state index is 12.3. The second-order valence-corrected chi connectivity index (χ2v) is 6.05. The van der Waals surface area contributed by atoms with E-state index in [0.717, 1.165) is 5.56 Å². The lowest BCUT2D eigenvalue weighted by molar-refractivity contribution is -0.140. The van der Waals surface area contributed by atoms with Gasteiger partial charge in [0, 0.05) is 37.3 Å². The molecule has 1 atom stereocenters. The average Bonchev–Trinajstić information content (AvgIpc) is 3.09. The fourth-order valence-electron chi connectivity index (χ4n) is 2.79. The number of rotatable bonds is 5. The molecule has 128 valence electrons. The predicted molar refractivity (Wildman–Crippen MR) is 83.7 cm³/mol. The van der Waals surface area contributed by atoms with Crippen LogP contribution in [-0.2, 0) is 11.2 Å². The minimum Gasteiger partial charge on any atom is -0.393 e. The third-order valence-electron chi connectivity index (χ3n) is 4.14. The number of aliphatic hydroxyl groups excluding tert-OH is 1. The molecule has 2 aromatic heterocycles. The standard InChI is InChI=1S/C16H20N4O4/c21-11-16(23)6-2-8-20(10-16)14(22)5-4-13-18-15(19-24-13)12-3-1-7-17-9-12/h1,3,7,9,21,23H,2,4-6,8,10-11H2/t16-/m0/s1. The number of carbonyl (C=O) groups excluding carboxylic acids is 1. The third-order valence-corrected chi connectivity index (χ3v) is 4.14. The zero-order chi connectivity index (χ0) is 17.0. The molecule has 8 heteroatoms. The second-order valence-electron chi connectivity index (χ2n) is 6.05. The first-order valence-electron chi connectivity index (χ1n) is 7.94. The summed E-state index contributed by atoms with van der Waals surface area (Å²) in [5.41, 5.74) is -0.436. The Morgan fingerprint density at radius 3 is 3.08 bits per heavy atom. The van der Waals surface area contributed by atoms with Gasteiger partial charge in [-0.25, -0.2) is 0 Å². The van der Waals surface area contributed by atoms with Crippen LogP contribution in [0.2, 0.25) is 0 Å². The fourth-order valence-corrected chi connectivity index (χ4v) is 2.79. The molecule has 1 amide bonds. The van der Waals surface area contributed by atoms with Gasteiger partial charge in [-0.2, -0.15) is 4.98 Å². The zero-order valence-electron chi connectivity index (χ0n) is 13.3. The molecule has 0 aliphatic carbocycles. The van der Waals surface area contributed by atoms with Crippen LogP contribution in [0.5, 0.6) is 0 Å². The summed E-state index contributed by atoms with van der Waals surface area (Å²) in [7, 11) is 0. The minimum absolute atomic E-state index is 0.0947. The molecule has 1 fully saturated rings. The van der Waals surface area contributed by atoms with E-state index in [4.69, 9.17) is 4.52 Å². The van der Waals surface area contributed by atoms with Gasteiger partial charge in [0.05, 0.1) is 13.2 Å². The summed E-state index contributed by atoms with van der Waals surface area (Å²) in [5, 5.41) is 23.3. The van der Waals surface area contributed by atoms with Gasteiger partial charge in [-0.1, -0.05) is 5.16 Å². The first-order valence-corrected chi connectivity index (χ1v) is 7.94. The number of pyridine rings is 1. The van der Waals surface area contributed by atoms with Crippen molar-refractivity contribution in [2.75, 3.05) is 19.7 Å². The molecular weight excluding hydrogens is 312 g/mol. The van der Waals surface area contributed by atoms with Crippen LogP contribution in [0.25, 0.3) is 11.4 Å². The Morgan fingerprint density at radius 2 is 2.33 bits per heavy atom. The fraction of sp³-hybridized carbons (Fsp3) is 0.500. The summed E-state index contributed by atoms with van der Waals surface area (Å²) < 4.78 is 5.17. The van der Waals surface area contributed by atoms with E-state index in [-0.39, 0.29) is 25.5 Å². The Kier molecular flexibility index (Phi) is 4.86. The van der Waals surface area contributed by atoms with Crippen LogP contribution in [0.3, 0.4) is 0 Å². The van der Waals surface area contributed by atoms with E-state index in [1.807, 2.05) is 6.07 Å². The number of nitrogens with zero attached hydrogens (tertiary/aromatic N) is 4. The maximum atomic E-state index is 12.3. The van der Waals surface area contributed by atoms with Crippen molar-refractivity contribution in [2.24, 2.45) is 0 Å². The summed E-state index contributed by atoms with van der Waals surface area (Å²) in [5.74, 6) is 0.734. The molecule has 0 radical (unpaired) electrons. The summed E-state index contributed by atoms with van der Waals surface area (Å²) >= 11 is 0.